The summed E-state index contributed by atoms with van der Waals surface area (Å²) in [5, 5.41) is 8.30. The molecule has 1 aliphatic heterocycles. The SMILES string of the molecule is O=C(NCc1cccc2ccccc12)c1cc2c(cn1)CC1(C2)C(=O)Nc2ccccc21. The number of carbonyl (C=O) groups is 2. The lowest BCUT2D eigenvalue weighted by atomic mass is 9.79. The van der Waals surface area contributed by atoms with Gasteiger partial charge in [-0.2, -0.15) is 0 Å². The Labute approximate surface area is 185 Å². The van der Waals surface area contributed by atoms with Crippen LogP contribution in [0.5, 0.6) is 0 Å². The fourth-order valence-electron chi connectivity index (χ4n) is 5.12. The van der Waals surface area contributed by atoms with E-state index in [9.17, 15) is 9.59 Å². The van der Waals surface area contributed by atoms with Crippen molar-refractivity contribution in [2.75, 3.05) is 5.32 Å². The number of para-hydroxylation sites is 1. The minimum absolute atomic E-state index is 0.0249. The zero-order chi connectivity index (χ0) is 21.7. The average Bonchev–Trinajstić information content (AvgIpc) is 3.34. The molecule has 1 spiro atoms. The van der Waals surface area contributed by atoms with Crippen LogP contribution in [-0.4, -0.2) is 16.8 Å². The van der Waals surface area contributed by atoms with Crippen molar-refractivity contribution in [2.24, 2.45) is 0 Å². The summed E-state index contributed by atoms with van der Waals surface area (Å²) >= 11 is 0. The molecule has 1 aliphatic carbocycles. The number of amides is 2. The first-order valence-electron chi connectivity index (χ1n) is 10.8. The molecule has 5 nitrogen and oxygen atoms in total. The Bertz CT molecular complexity index is 1410. The summed E-state index contributed by atoms with van der Waals surface area (Å²) in [5.41, 5.74) is 4.81. The molecule has 2 amide bonds. The van der Waals surface area contributed by atoms with Crippen molar-refractivity contribution < 1.29 is 9.59 Å². The zero-order valence-corrected chi connectivity index (χ0v) is 17.4. The van der Waals surface area contributed by atoms with Gasteiger partial charge in [0.1, 0.15) is 5.69 Å². The number of benzene rings is 3. The zero-order valence-electron chi connectivity index (χ0n) is 17.4. The molecule has 1 aromatic heterocycles. The molecular weight excluding hydrogens is 398 g/mol. The molecule has 1 atom stereocenters. The number of carbonyl (C=O) groups excluding carboxylic acids is 2. The van der Waals surface area contributed by atoms with E-state index < -0.39 is 5.41 Å². The van der Waals surface area contributed by atoms with Crippen molar-refractivity contribution in [2.45, 2.75) is 24.8 Å². The van der Waals surface area contributed by atoms with E-state index in [-0.39, 0.29) is 11.8 Å². The number of aromatic nitrogens is 1. The third-order valence-corrected chi connectivity index (χ3v) is 6.74. The second kappa shape index (κ2) is 7.02. The number of hydrogen-bond acceptors (Lipinski definition) is 3. The maximum Gasteiger partial charge on any atom is 0.270 e. The molecule has 5 heteroatoms. The minimum Gasteiger partial charge on any atom is -0.347 e. The lowest BCUT2D eigenvalue weighted by molar-refractivity contribution is -0.120. The van der Waals surface area contributed by atoms with Crippen molar-refractivity contribution in [3.63, 3.8) is 0 Å². The first-order chi connectivity index (χ1) is 15.6. The molecule has 32 heavy (non-hydrogen) atoms. The number of nitrogens with zero attached hydrogens (tertiary/aromatic N) is 1. The third kappa shape index (κ3) is 2.82. The van der Waals surface area contributed by atoms with E-state index in [4.69, 9.17) is 0 Å². The topological polar surface area (TPSA) is 71.1 Å². The molecule has 2 heterocycles. The monoisotopic (exact) mass is 419 g/mol. The Balaban J connectivity index is 1.24. The lowest BCUT2D eigenvalue weighted by Crippen LogP contribution is -2.35. The number of rotatable bonds is 3. The standard InChI is InChI=1S/C27H21N3O2/c31-25(29-15-18-8-5-7-17-6-1-2-9-21(17)18)24-12-19-13-27(14-20(19)16-28-24)22-10-3-4-11-23(22)30-26(27)32/h1-12,16H,13-15H2,(H,29,31)(H,30,32). The second-order valence-corrected chi connectivity index (χ2v) is 8.59. The summed E-state index contributed by atoms with van der Waals surface area (Å²) in [6, 6.07) is 23.9. The maximum absolute atomic E-state index is 12.9. The van der Waals surface area contributed by atoms with Crippen LogP contribution in [0, 0.1) is 0 Å². The molecule has 4 aromatic rings. The molecular formula is C27H21N3O2. The van der Waals surface area contributed by atoms with Crippen LogP contribution >= 0.6 is 0 Å². The molecule has 0 saturated heterocycles. The smallest absolute Gasteiger partial charge is 0.270 e. The largest absolute Gasteiger partial charge is 0.347 e. The van der Waals surface area contributed by atoms with Gasteiger partial charge < -0.3 is 10.6 Å². The van der Waals surface area contributed by atoms with Gasteiger partial charge in [-0.1, -0.05) is 60.7 Å². The van der Waals surface area contributed by atoms with Crippen molar-refractivity contribution >= 4 is 28.3 Å². The van der Waals surface area contributed by atoms with E-state index in [0.29, 0.717) is 25.1 Å². The number of fused-ring (bicyclic) bond motifs is 4. The van der Waals surface area contributed by atoms with E-state index in [0.717, 1.165) is 38.7 Å². The Morgan fingerprint density at radius 3 is 2.69 bits per heavy atom. The van der Waals surface area contributed by atoms with Gasteiger partial charge in [0.05, 0.1) is 5.41 Å². The normalized spacial score (nSPS) is 18.4. The van der Waals surface area contributed by atoms with E-state index in [1.807, 2.05) is 54.6 Å². The summed E-state index contributed by atoms with van der Waals surface area (Å²) in [5.74, 6) is -0.185. The summed E-state index contributed by atoms with van der Waals surface area (Å²) in [7, 11) is 0. The summed E-state index contributed by atoms with van der Waals surface area (Å²) in [6.07, 6.45) is 2.94. The molecule has 6 rings (SSSR count). The quantitative estimate of drug-likeness (QED) is 0.524. The molecule has 156 valence electrons. The predicted molar refractivity (Wildman–Crippen MR) is 124 cm³/mol. The molecule has 1 unspecified atom stereocenters. The summed E-state index contributed by atoms with van der Waals surface area (Å²) < 4.78 is 0. The van der Waals surface area contributed by atoms with Gasteiger partial charge in [-0.3, -0.25) is 14.6 Å². The Morgan fingerprint density at radius 1 is 0.969 bits per heavy atom. The molecule has 0 bridgehead atoms. The molecule has 0 radical (unpaired) electrons. The Morgan fingerprint density at radius 2 is 1.75 bits per heavy atom. The lowest BCUT2D eigenvalue weighted by Gasteiger charge is -2.20. The number of pyridine rings is 1. The fourth-order valence-corrected chi connectivity index (χ4v) is 5.12. The van der Waals surface area contributed by atoms with Crippen LogP contribution in [0.3, 0.4) is 0 Å². The van der Waals surface area contributed by atoms with Crippen LogP contribution in [0.15, 0.2) is 79.0 Å². The van der Waals surface area contributed by atoms with Crippen LogP contribution < -0.4 is 10.6 Å². The van der Waals surface area contributed by atoms with Gasteiger partial charge >= 0.3 is 0 Å². The van der Waals surface area contributed by atoms with Crippen LogP contribution in [0.2, 0.25) is 0 Å². The highest BCUT2D eigenvalue weighted by atomic mass is 16.2. The maximum atomic E-state index is 12.9. The van der Waals surface area contributed by atoms with Gasteiger partial charge in [-0.15, -0.1) is 0 Å². The van der Waals surface area contributed by atoms with E-state index in [1.54, 1.807) is 6.20 Å². The highest BCUT2D eigenvalue weighted by Gasteiger charge is 2.50. The molecule has 2 aliphatic rings. The first kappa shape index (κ1) is 18.8. The highest BCUT2D eigenvalue weighted by Crippen LogP contribution is 2.47. The van der Waals surface area contributed by atoms with Crippen molar-refractivity contribution in [3.8, 4) is 0 Å². The first-order valence-corrected chi connectivity index (χ1v) is 10.8. The molecule has 0 saturated carbocycles. The summed E-state index contributed by atoms with van der Waals surface area (Å²) in [6.45, 7) is 0.429. The third-order valence-electron chi connectivity index (χ3n) is 6.74. The average molecular weight is 419 g/mol. The summed E-state index contributed by atoms with van der Waals surface area (Å²) in [4.78, 5) is 30.2. The highest BCUT2D eigenvalue weighted by molar-refractivity contribution is 6.07. The van der Waals surface area contributed by atoms with Gasteiger partial charge in [0.15, 0.2) is 0 Å². The van der Waals surface area contributed by atoms with Crippen molar-refractivity contribution in [1.82, 2.24) is 10.3 Å². The number of nitrogens with one attached hydrogen (secondary N) is 2. The van der Waals surface area contributed by atoms with Crippen molar-refractivity contribution in [3.05, 3.63) is 107 Å². The van der Waals surface area contributed by atoms with Gasteiger partial charge in [0.2, 0.25) is 5.91 Å². The molecule has 3 aromatic carbocycles. The minimum atomic E-state index is -0.599. The van der Waals surface area contributed by atoms with Crippen LogP contribution in [0.1, 0.15) is 32.7 Å². The van der Waals surface area contributed by atoms with E-state index in [2.05, 4.69) is 33.8 Å². The van der Waals surface area contributed by atoms with Gasteiger partial charge in [0, 0.05) is 18.4 Å². The number of anilines is 1. The fraction of sp³-hybridized carbons (Fsp3) is 0.148. The predicted octanol–water partition coefficient (Wildman–Crippen LogP) is 4.15. The van der Waals surface area contributed by atoms with Crippen LogP contribution in [-0.2, 0) is 29.6 Å². The van der Waals surface area contributed by atoms with Gasteiger partial charge in [-0.05, 0) is 58.0 Å². The van der Waals surface area contributed by atoms with E-state index >= 15 is 0 Å². The van der Waals surface area contributed by atoms with Crippen molar-refractivity contribution in [1.29, 1.82) is 0 Å². The Kier molecular flexibility index (Phi) is 4.12. The van der Waals surface area contributed by atoms with Crippen LogP contribution in [0.4, 0.5) is 5.69 Å². The van der Waals surface area contributed by atoms with Crippen LogP contribution in [0.25, 0.3) is 10.8 Å². The molecule has 0 fully saturated rings. The second-order valence-electron chi connectivity index (χ2n) is 8.59. The molecule has 2 N–H and O–H groups in total. The van der Waals surface area contributed by atoms with Gasteiger partial charge in [0.25, 0.3) is 5.91 Å². The Hall–Kier alpha value is -3.99. The number of hydrogen-bond donors (Lipinski definition) is 2. The van der Waals surface area contributed by atoms with Gasteiger partial charge in [-0.25, -0.2) is 0 Å². The van der Waals surface area contributed by atoms with E-state index in [1.165, 1.54) is 0 Å².